The predicted octanol–water partition coefficient (Wildman–Crippen LogP) is 3.56. The highest BCUT2D eigenvalue weighted by atomic mass is 19.1. The van der Waals surface area contributed by atoms with E-state index in [9.17, 15) is 9.18 Å². The molecule has 2 aliphatic rings. The second-order valence-corrected chi connectivity index (χ2v) is 9.11. The van der Waals surface area contributed by atoms with Crippen molar-refractivity contribution in [2.45, 2.75) is 25.7 Å². The molecule has 0 spiro atoms. The Morgan fingerprint density at radius 3 is 2.77 bits per heavy atom. The van der Waals surface area contributed by atoms with Crippen molar-refractivity contribution in [3.8, 4) is 11.3 Å². The topological polar surface area (TPSA) is 86.3 Å². The molecular weight excluding hydrogens is 445 g/mol. The molecule has 2 N–H and O–H groups in total. The van der Waals surface area contributed by atoms with Gasteiger partial charge in [-0.05, 0) is 37.1 Å². The van der Waals surface area contributed by atoms with Crippen molar-refractivity contribution in [3.05, 3.63) is 60.4 Å². The molecule has 2 fully saturated rings. The Bertz CT molecular complexity index is 1200. The number of hydrogen-bond donors (Lipinski definition) is 2. The van der Waals surface area contributed by atoms with Crippen LogP contribution >= 0.6 is 0 Å². The van der Waals surface area contributed by atoms with Crippen LogP contribution in [0, 0.1) is 5.82 Å². The molecule has 0 saturated carbocycles. The number of anilines is 3. The van der Waals surface area contributed by atoms with Crippen molar-refractivity contribution < 1.29 is 9.18 Å². The largest absolute Gasteiger partial charge is 0.368 e. The van der Waals surface area contributed by atoms with E-state index in [2.05, 4.69) is 26.6 Å². The Kier molecular flexibility index (Phi) is 6.85. The molecular formula is C26H30FN7O. The molecule has 182 valence electrons. The summed E-state index contributed by atoms with van der Waals surface area (Å²) in [6, 6.07) is 10.3. The van der Waals surface area contributed by atoms with E-state index in [1.54, 1.807) is 19.1 Å². The molecule has 2 aromatic heterocycles. The molecule has 2 aliphatic heterocycles. The molecule has 1 unspecified atom stereocenters. The summed E-state index contributed by atoms with van der Waals surface area (Å²) >= 11 is 0. The number of piperidine rings is 1. The number of nitrogens with zero attached hydrogens (tertiary/aromatic N) is 5. The lowest BCUT2D eigenvalue weighted by Crippen LogP contribution is -2.43. The first-order valence-electron chi connectivity index (χ1n) is 12.1. The van der Waals surface area contributed by atoms with Crippen molar-refractivity contribution in [1.29, 1.82) is 0 Å². The third kappa shape index (κ3) is 5.57. The Morgan fingerprint density at radius 2 is 1.97 bits per heavy atom. The van der Waals surface area contributed by atoms with Gasteiger partial charge in [-0.2, -0.15) is 0 Å². The third-order valence-corrected chi connectivity index (χ3v) is 6.57. The van der Waals surface area contributed by atoms with Crippen LogP contribution in [0.5, 0.6) is 0 Å². The number of carbonyl (C=O) groups is 1. The molecule has 1 aromatic carbocycles. The molecule has 0 bridgehead atoms. The van der Waals surface area contributed by atoms with Gasteiger partial charge in [-0.3, -0.25) is 9.78 Å². The van der Waals surface area contributed by atoms with Crippen LogP contribution in [0.3, 0.4) is 0 Å². The summed E-state index contributed by atoms with van der Waals surface area (Å²) in [6.45, 7) is 6.69. The number of halogens is 1. The summed E-state index contributed by atoms with van der Waals surface area (Å²) in [5, 5.41) is 6.61. The molecule has 1 atom stereocenters. The maximum atomic E-state index is 13.8. The standard InChI is InChI=1S/C26H30FN7O/c1-18(35)34-9-3-4-19(17-34)26-31-24(14-25(32-26)30-22-6-2-5-21(27)13-22)20-12-23(16-29-15-20)33-10-7-28-8-11-33/h2,5-6,12-16,19,28H,3-4,7-11,17H2,1H3,(H,30,31,32). The van der Waals surface area contributed by atoms with Gasteiger partial charge in [0.05, 0.1) is 17.6 Å². The van der Waals surface area contributed by atoms with Crippen molar-refractivity contribution in [2.24, 2.45) is 0 Å². The van der Waals surface area contributed by atoms with Gasteiger partial charge in [0.2, 0.25) is 5.91 Å². The van der Waals surface area contributed by atoms with Crippen molar-refractivity contribution in [2.75, 3.05) is 49.5 Å². The normalized spacial score (nSPS) is 18.4. The Hall–Kier alpha value is -3.59. The smallest absolute Gasteiger partial charge is 0.219 e. The Labute approximate surface area is 204 Å². The summed E-state index contributed by atoms with van der Waals surface area (Å²) in [4.78, 5) is 30.4. The van der Waals surface area contributed by atoms with Gasteiger partial charge in [0.1, 0.15) is 17.5 Å². The van der Waals surface area contributed by atoms with Gasteiger partial charge in [-0.25, -0.2) is 14.4 Å². The van der Waals surface area contributed by atoms with Crippen LogP contribution in [0.4, 0.5) is 21.6 Å². The van der Waals surface area contributed by atoms with Crippen LogP contribution in [0.1, 0.15) is 31.5 Å². The molecule has 0 radical (unpaired) electrons. The second-order valence-electron chi connectivity index (χ2n) is 9.11. The molecule has 3 aromatic rings. The first-order chi connectivity index (χ1) is 17.0. The fourth-order valence-electron chi connectivity index (χ4n) is 4.71. The zero-order chi connectivity index (χ0) is 24.2. The number of aromatic nitrogens is 3. The van der Waals surface area contributed by atoms with E-state index in [1.807, 2.05) is 23.4 Å². The number of hydrogen-bond acceptors (Lipinski definition) is 7. The number of piperazine rings is 1. The molecule has 9 heteroatoms. The van der Waals surface area contributed by atoms with Gasteiger partial charge < -0.3 is 20.4 Å². The molecule has 5 rings (SSSR count). The number of amides is 1. The number of pyridine rings is 1. The number of rotatable bonds is 5. The molecule has 35 heavy (non-hydrogen) atoms. The number of benzene rings is 1. The molecule has 0 aliphatic carbocycles. The van der Waals surface area contributed by atoms with Crippen LogP contribution in [-0.2, 0) is 4.79 Å². The van der Waals surface area contributed by atoms with Crippen LogP contribution in [0.15, 0.2) is 48.8 Å². The fraction of sp³-hybridized carbons (Fsp3) is 0.385. The van der Waals surface area contributed by atoms with Crippen molar-refractivity contribution >= 4 is 23.1 Å². The minimum absolute atomic E-state index is 0.0324. The summed E-state index contributed by atoms with van der Waals surface area (Å²) in [5.74, 6) is 1.05. The molecule has 2 saturated heterocycles. The number of likely N-dealkylation sites (tertiary alicyclic amines) is 1. The van der Waals surface area contributed by atoms with Gasteiger partial charge in [-0.1, -0.05) is 6.07 Å². The van der Waals surface area contributed by atoms with Gasteiger partial charge >= 0.3 is 0 Å². The Morgan fingerprint density at radius 1 is 1.11 bits per heavy atom. The third-order valence-electron chi connectivity index (χ3n) is 6.57. The predicted molar refractivity (Wildman–Crippen MR) is 134 cm³/mol. The second kappa shape index (κ2) is 10.4. The van der Waals surface area contributed by atoms with E-state index < -0.39 is 0 Å². The quantitative estimate of drug-likeness (QED) is 0.584. The summed E-state index contributed by atoms with van der Waals surface area (Å²) in [6.07, 6.45) is 5.51. The lowest BCUT2D eigenvalue weighted by atomic mass is 9.97. The zero-order valence-corrected chi connectivity index (χ0v) is 19.9. The lowest BCUT2D eigenvalue weighted by molar-refractivity contribution is -0.130. The SMILES string of the molecule is CC(=O)N1CCCC(c2nc(Nc3cccc(F)c3)cc(-c3cncc(N4CCNCC4)c3)n2)C1. The van der Waals surface area contributed by atoms with Gasteiger partial charge in [0.15, 0.2) is 0 Å². The molecule has 1 amide bonds. The van der Waals surface area contributed by atoms with E-state index in [0.717, 1.165) is 62.5 Å². The molecule has 8 nitrogen and oxygen atoms in total. The lowest BCUT2D eigenvalue weighted by Gasteiger charge is -2.31. The van der Waals surface area contributed by atoms with Crippen LogP contribution in [-0.4, -0.2) is 65.0 Å². The van der Waals surface area contributed by atoms with Gasteiger partial charge in [0, 0.05) is 75.6 Å². The average Bonchev–Trinajstić information content (AvgIpc) is 2.89. The number of carbonyl (C=O) groups excluding carboxylic acids is 1. The summed E-state index contributed by atoms with van der Waals surface area (Å²) in [5.41, 5.74) is 3.32. The summed E-state index contributed by atoms with van der Waals surface area (Å²) < 4.78 is 13.8. The van der Waals surface area contributed by atoms with Crippen molar-refractivity contribution in [3.63, 3.8) is 0 Å². The van der Waals surface area contributed by atoms with Crippen LogP contribution in [0.25, 0.3) is 11.3 Å². The number of nitrogens with one attached hydrogen (secondary N) is 2. The van der Waals surface area contributed by atoms with Gasteiger partial charge in [-0.15, -0.1) is 0 Å². The van der Waals surface area contributed by atoms with E-state index in [1.165, 1.54) is 12.1 Å². The van der Waals surface area contributed by atoms with E-state index in [-0.39, 0.29) is 17.6 Å². The highest BCUT2D eigenvalue weighted by Gasteiger charge is 2.26. The van der Waals surface area contributed by atoms with E-state index in [4.69, 9.17) is 9.97 Å². The van der Waals surface area contributed by atoms with E-state index in [0.29, 0.717) is 23.9 Å². The van der Waals surface area contributed by atoms with E-state index >= 15 is 0 Å². The first kappa shape index (κ1) is 23.2. The Balaban J connectivity index is 1.51. The maximum Gasteiger partial charge on any atom is 0.219 e. The minimum Gasteiger partial charge on any atom is -0.368 e. The molecule has 4 heterocycles. The first-order valence-corrected chi connectivity index (χ1v) is 12.1. The van der Waals surface area contributed by atoms with Crippen molar-refractivity contribution in [1.82, 2.24) is 25.2 Å². The fourth-order valence-corrected chi connectivity index (χ4v) is 4.71. The van der Waals surface area contributed by atoms with Gasteiger partial charge in [0.25, 0.3) is 0 Å². The minimum atomic E-state index is -0.318. The van der Waals surface area contributed by atoms with Crippen LogP contribution < -0.4 is 15.5 Å². The monoisotopic (exact) mass is 475 g/mol. The highest BCUT2D eigenvalue weighted by Crippen LogP contribution is 2.30. The van der Waals surface area contributed by atoms with Crippen LogP contribution in [0.2, 0.25) is 0 Å². The highest BCUT2D eigenvalue weighted by molar-refractivity contribution is 5.73. The average molecular weight is 476 g/mol. The maximum absolute atomic E-state index is 13.8. The summed E-state index contributed by atoms with van der Waals surface area (Å²) in [7, 11) is 0. The zero-order valence-electron chi connectivity index (χ0n) is 19.9.